The Hall–Kier alpha value is -2.87. The van der Waals surface area contributed by atoms with Gasteiger partial charge in [0.05, 0.1) is 12.1 Å². The molecule has 8 heteroatoms. The fraction of sp³-hybridized carbons (Fsp3) is 0.522. The molecule has 166 valence electrons. The summed E-state index contributed by atoms with van der Waals surface area (Å²) in [4.78, 5) is 35.3. The zero-order valence-electron chi connectivity index (χ0n) is 18.1. The smallest absolute Gasteiger partial charge is 0.255 e. The summed E-state index contributed by atoms with van der Waals surface area (Å²) in [5.41, 5.74) is 7.67. The van der Waals surface area contributed by atoms with Crippen molar-refractivity contribution in [1.82, 2.24) is 14.8 Å². The van der Waals surface area contributed by atoms with Crippen LogP contribution in [0.15, 0.2) is 36.3 Å². The van der Waals surface area contributed by atoms with Gasteiger partial charge in [-0.2, -0.15) is 0 Å². The number of anilines is 1. The maximum Gasteiger partial charge on any atom is 0.255 e. The van der Waals surface area contributed by atoms with E-state index in [4.69, 9.17) is 10.5 Å². The SMILES string of the molecule is CCCC(=O)N1C=CC(N2CCOc3cc(C(=O)N4CCCCCC4)cnc32)=CC1N. The molecule has 1 aromatic rings. The summed E-state index contributed by atoms with van der Waals surface area (Å²) in [5, 5.41) is 0. The third-order valence-corrected chi connectivity index (χ3v) is 5.93. The van der Waals surface area contributed by atoms with Crippen LogP contribution in [0.1, 0.15) is 55.8 Å². The first-order valence-corrected chi connectivity index (χ1v) is 11.2. The number of hydrogen-bond acceptors (Lipinski definition) is 6. The van der Waals surface area contributed by atoms with Crippen LogP contribution in [-0.4, -0.2) is 59.0 Å². The van der Waals surface area contributed by atoms with Gasteiger partial charge in [-0.15, -0.1) is 0 Å². The lowest BCUT2D eigenvalue weighted by Gasteiger charge is -2.35. The fourth-order valence-electron chi connectivity index (χ4n) is 4.26. The van der Waals surface area contributed by atoms with E-state index in [2.05, 4.69) is 4.98 Å². The number of likely N-dealkylation sites (tertiary alicyclic amines) is 1. The van der Waals surface area contributed by atoms with Crippen molar-refractivity contribution in [2.45, 2.75) is 51.6 Å². The van der Waals surface area contributed by atoms with Gasteiger partial charge in [-0.05, 0) is 37.5 Å². The van der Waals surface area contributed by atoms with Crippen molar-refractivity contribution >= 4 is 17.6 Å². The highest BCUT2D eigenvalue weighted by molar-refractivity contribution is 5.95. The van der Waals surface area contributed by atoms with Gasteiger partial charge in [0, 0.05) is 37.6 Å². The molecule has 4 heterocycles. The molecule has 2 amide bonds. The van der Waals surface area contributed by atoms with E-state index in [1.165, 1.54) is 12.8 Å². The summed E-state index contributed by atoms with van der Waals surface area (Å²) < 4.78 is 5.84. The second-order valence-corrected chi connectivity index (χ2v) is 8.20. The standard InChI is InChI=1S/C23H31N5O3/c1-2-7-21(29)28-11-8-18(15-20(28)24)27-12-13-31-19-14-17(16-25-22(19)27)23(30)26-9-5-3-4-6-10-26/h8,11,14-16,20H,2-7,9-10,12-13,24H2,1H3. The van der Waals surface area contributed by atoms with Crippen LogP contribution < -0.4 is 15.4 Å². The van der Waals surface area contributed by atoms with Crippen molar-refractivity contribution in [2.24, 2.45) is 5.73 Å². The highest BCUT2D eigenvalue weighted by Crippen LogP contribution is 2.34. The van der Waals surface area contributed by atoms with E-state index in [0.29, 0.717) is 36.7 Å². The Morgan fingerprint density at radius 2 is 1.97 bits per heavy atom. The topological polar surface area (TPSA) is 92.0 Å². The Labute approximate surface area is 183 Å². The minimum Gasteiger partial charge on any atom is -0.488 e. The second-order valence-electron chi connectivity index (χ2n) is 8.20. The number of pyridine rings is 1. The molecule has 4 rings (SSSR count). The number of allylic oxidation sites excluding steroid dienone is 1. The van der Waals surface area contributed by atoms with Gasteiger partial charge < -0.3 is 20.3 Å². The van der Waals surface area contributed by atoms with Crippen LogP contribution in [0.2, 0.25) is 0 Å². The number of carbonyl (C=O) groups excluding carboxylic acids is 2. The molecule has 3 aliphatic rings. The third-order valence-electron chi connectivity index (χ3n) is 5.93. The number of nitrogens with two attached hydrogens (primary N) is 1. The molecule has 31 heavy (non-hydrogen) atoms. The summed E-state index contributed by atoms with van der Waals surface area (Å²) in [5.74, 6) is 1.29. The quantitative estimate of drug-likeness (QED) is 0.797. The number of carbonyl (C=O) groups is 2. The third kappa shape index (κ3) is 4.58. The van der Waals surface area contributed by atoms with Crippen molar-refractivity contribution in [2.75, 3.05) is 31.1 Å². The number of aromatic nitrogens is 1. The largest absolute Gasteiger partial charge is 0.488 e. The molecular weight excluding hydrogens is 394 g/mol. The summed E-state index contributed by atoms with van der Waals surface area (Å²) in [7, 11) is 0. The predicted octanol–water partition coefficient (Wildman–Crippen LogP) is 2.62. The molecule has 1 saturated heterocycles. The van der Waals surface area contributed by atoms with Crippen LogP contribution >= 0.6 is 0 Å². The molecule has 1 fully saturated rings. The van der Waals surface area contributed by atoms with Crippen molar-refractivity contribution in [3.05, 3.63) is 41.9 Å². The maximum absolute atomic E-state index is 13.0. The van der Waals surface area contributed by atoms with Gasteiger partial charge in [-0.1, -0.05) is 19.8 Å². The van der Waals surface area contributed by atoms with E-state index in [1.54, 1.807) is 23.4 Å². The molecule has 1 unspecified atom stereocenters. The lowest BCUT2D eigenvalue weighted by atomic mass is 10.1. The van der Waals surface area contributed by atoms with E-state index in [9.17, 15) is 9.59 Å². The van der Waals surface area contributed by atoms with Gasteiger partial charge in [0.2, 0.25) is 5.91 Å². The lowest BCUT2D eigenvalue weighted by Crippen LogP contribution is -2.44. The molecule has 3 aliphatic heterocycles. The van der Waals surface area contributed by atoms with Crippen molar-refractivity contribution < 1.29 is 14.3 Å². The highest BCUT2D eigenvalue weighted by Gasteiger charge is 2.28. The summed E-state index contributed by atoms with van der Waals surface area (Å²) in [6, 6.07) is 1.80. The minimum absolute atomic E-state index is 0.0127. The molecule has 1 aromatic heterocycles. The molecule has 8 nitrogen and oxygen atoms in total. The van der Waals surface area contributed by atoms with Crippen LogP contribution in [0, 0.1) is 0 Å². The zero-order valence-corrected chi connectivity index (χ0v) is 18.1. The first-order valence-electron chi connectivity index (χ1n) is 11.2. The molecule has 0 radical (unpaired) electrons. The van der Waals surface area contributed by atoms with Crippen molar-refractivity contribution in [3.63, 3.8) is 0 Å². The number of hydrogen-bond donors (Lipinski definition) is 1. The second kappa shape index (κ2) is 9.51. The Morgan fingerprint density at radius 3 is 2.68 bits per heavy atom. The molecule has 0 aliphatic carbocycles. The number of amides is 2. The van der Waals surface area contributed by atoms with Gasteiger partial charge in [-0.25, -0.2) is 4.98 Å². The van der Waals surface area contributed by atoms with Gasteiger partial charge in [-0.3, -0.25) is 14.5 Å². The van der Waals surface area contributed by atoms with Crippen LogP contribution in [-0.2, 0) is 4.79 Å². The van der Waals surface area contributed by atoms with Gasteiger partial charge in [0.25, 0.3) is 5.91 Å². The number of ether oxygens (including phenoxy) is 1. The van der Waals surface area contributed by atoms with E-state index in [-0.39, 0.29) is 11.8 Å². The van der Waals surface area contributed by atoms with E-state index >= 15 is 0 Å². The van der Waals surface area contributed by atoms with Crippen LogP contribution in [0.4, 0.5) is 5.82 Å². The number of fused-ring (bicyclic) bond motifs is 1. The van der Waals surface area contributed by atoms with Crippen LogP contribution in [0.5, 0.6) is 5.75 Å². The summed E-state index contributed by atoms with van der Waals surface area (Å²) in [6.07, 6.45) is 12.3. The molecular formula is C23H31N5O3. The Balaban J connectivity index is 1.52. The molecule has 2 N–H and O–H groups in total. The average Bonchev–Trinajstić information content (AvgIpc) is 3.07. The maximum atomic E-state index is 13.0. The summed E-state index contributed by atoms with van der Waals surface area (Å²) in [6.45, 7) is 4.66. The Morgan fingerprint density at radius 1 is 1.19 bits per heavy atom. The normalized spacial score (nSPS) is 21.2. The highest BCUT2D eigenvalue weighted by atomic mass is 16.5. The molecule has 0 saturated carbocycles. The van der Waals surface area contributed by atoms with Crippen molar-refractivity contribution in [3.8, 4) is 5.75 Å². The van der Waals surface area contributed by atoms with Gasteiger partial charge in [0.1, 0.15) is 12.8 Å². The monoisotopic (exact) mass is 425 g/mol. The van der Waals surface area contributed by atoms with Crippen LogP contribution in [0.3, 0.4) is 0 Å². The zero-order chi connectivity index (χ0) is 21.8. The predicted molar refractivity (Wildman–Crippen MR) is 118 cm³/mol. The first-order chi connectivity index (χ1) is 15.1. The average molecular weight is 426 g/mol. The lowest BCUT2D eigenvalue weighted by molar-refractivity contribution is -0.129. The van der Waals surface area contributed by atoms with Gasteiger partial charge >= 0.3 is 0 Å². The fourth-order valence-corrected chi connectivity index (χ4v) is 4.26. The van der Waals surface area contributed by atoms with E-state index in [0.717, 1.165) is 38.0 Å². The van der Waals surface area contributed by atoms with E-state index < -0.39 is 6.17 Å². The molecule has 1 atom stereocenters. The molecule has 0 bridgehead atoms. The molecule has 0 aromatic carbocycles. The van der Waals surface area contributed by atoms with Crippen LogP contribution in [0.25, 0.3) is 0 Å². The van der Waals surface area contributed by atoms with Crippen molar-refractivity contribution in [1.29, 1.82) is 0 Å². The van der Waals surface area contributed by atoms with Gasteiger partial charge in [0.15, 0.2) is 11.6 Å². The first kappa shape index (κ1) is 21.4. The van der Waals surface area contributed by atoms with E-state index in [1.807, 2.05) is 28.9 Å². The minimum atomic E-state index is -0.519. The number of nitrogens with zero attached hydrogens (tertiary/aromatic N) is 4. The Bertz CT molecular complexity index is 889. The molecule has 0 spiro atoms. The number of rotatable bonds is 4. The Kier molecular flexibility index (Phi) is 6.56. The summed E-state index contributed by atoms with van der Waals surface area (Å²) >= 11 is 0.